The van der Waals surface area contributed by atoms with E-state index in [1.165, 1.54) is 0 Å². The Kier molecular flexibility index (Phi) is 6.22. The smallest absolute Gasteiger partial charge is 0.293 e. The molecule has 0 aliphatic rings. The largest absolute Gasteiger partial charge is 0.464 e. The molecule has 1 aromatic heterocycles. The third-order valence-electron chi connectivity index (χ3n) is 4.12. The molecule has 0 aliphatic carbocycles. The number of halogens is 1. The van der Waals surface area contributed by atoms with Crippen LogP contribution in [0.5, 0.6) is 0 Å². The highest BCUT2D eigenvalue weighted by molar-refractivity contribution is 6.30. The lowest BCUT2D eigenvalue weighted by atomic mass is 10.0. The molecule has 27 heavy (non-hydrogen) atoms. The van der Waals surface area contributed by atoms with Crippen molar-refractivity contribution in [3.63, 3.8) is 0 Å². The van der Waals surface area contributed by atoms with Crippen LogP contribution in [0.4, 0.5) is 0 Å². The average molecular weight is 384 g/mol. The van der Waals surface area contributed by atoms with Crippen LogP contribution in [-0.2, 0) is 16.0 Å². The van der Waals surface area contributed by atoms with E-state index in [4.69, 9.17) is 16.3 Å². The Labute approximate surface area is 161 Å². The van der Waals surface area contributed by atoms with Gasteiger partial charge in [0.2, 0.25) is 0 Å². The van der Waals surface area contributed by atoms with Crippen LogP contribution in [0.2, 0.25) is 5.02 Å². The first-order valence-electron chi connectivity index (χ1n) is 8.35. The number of oxime groups is 1. The molecule has 2 N–H and O–H groups in total. The first-order chi connectivity index (χ1) is 13.2. The summed E-state index contributed by atoms with van der Waals surface area (Å²) >= 11 is 5.89. The van der Waals surface area contributed by atoms with E-state index in [1.807, 2.05) is 36.4 Å². The number of carbonyl (C=O) groups is 1. The molecule has 0 radical (unpaired) electrons. The van der Waals surface area contributed by atoms with Gasteiger partial charge in [-0.2, -0.15) is 5.10 Å². The van der Waals surface area contributed by atoms with Gasteiger partial charge in [0.15, 0.2) is 0 Å². The molecule has 1 heterocycles. The minimum Gasteiger partial charge on any atom is -0.464 e. The van der Waals surface area contributed by atoms with Gasteiger partial charge in [-0.3, -0.25) is 9.89 Å². The topological polar surface area (TPSA) is 87.6 Å². The van der Waals surface area contributed by atoms with Gasteiger partial charge >= 0.3 is 0 Å². The number of carbonyl (C=O) groups excluding carboxylic acids is 1. The number of nitrogens with one attached hydrogen (secondary N) is 1. The second kappa shape index (κ2) is 9.00. The lowest BCUT2D eigenvalue weighted by Gasteiger charge is -2.15. The third kappa shape index (κ3) is 4.95. The molecule has 3 aromatic rings. The van der Waals surface area contributed by atoms with Crippen molar-refractivity contribution >= 4 is 23.8 Å². The van der Waals surface area contributed by atoms with Gasteiger partial charge in [-0.05, 0) is 23.8 Å². The summed E-state index contributed by atoms with van der Waals surface area (Å²) in [6, 6.07) is 18.6. The summed E-state index contributed by atoms with van der Waals surface area (Å²) in [5.41, 5.74) is 3.72. The van der Waals surface area contributed by atoms with Crippen molar-refractivity contribution in [2.75, 3.05) is 0 Å². The van der Waals surface area contributed by atoms with Gasteiger partial charge in [0.25, 0.3) is 6.47 Å². The lowest BCUT2D eigenvalue weighted by molar-refractivity contribution is -0.133. The Bertz CT molecular complexity index is 908. The molecular formula is C20H18ClN3O3. The molecule has 7 heteroatoms. The highest BCUT2D eigenvalue weighted by atomic mass is 35.5. The molecule has 0 fully saturated rings. The number of rotatable bonds is 8. The molecule has 0 saturated carbocycles. The normalized spacial score (nSPS) is 12.6. The Morgan fingerprint density at radius 1 is 1.22 bits per heavy atom. The van der Waals surface area contributed by atoms with Gasteiger partial charge in [0.1, 0.15) is 6.10 Å². The highest BCUT2D eigenvalue weighted by Crippen LogP contribution is 2.20. The summed E-state index contributed by atoms with van der Waals surface area (Å²) in [6.45, 7) is 0.399. The van der Waals surface area contributed by atoms with E-state index in [0.29, 0.717) is 29.2 Å². The Hall–Kier alpha value is -3.12. The maximum atomic E-state index is 10.9. The summed E-state index contributed by atoms with van der Waals surface area (Å²) in [7, 11) is 0. The van der Waals surface area contributed by atoms with E-state index >= 15 is 0 Å². The molecule has 1 atom stereocenters. The summed E-state index contributed by atoms with van der Waals surface area (Å²) in [5.74, 6) is 0. The van der Waals surface area contributed by atoms with Crippen LogP contribution in [0.25, 0.3) is 11.3 Å². The summed E-state index contributed by atoms with van der Waals surface area (Å²) in [4.78, 5) is 10.9. The van der Waals surface area contributed by atoms with Gasteiger partial charge in [0, 0.05) is 29.1 Å². The minimum absolute atomic E-state index is 0.247. The number of ether oxygens (including phenoxy) is 1. The van der Waals surface area contributed by atoms with Crippen LogP contribution in [0, 0.1) is 0 Å². The number of aromatic nitrogens is 2. The number of nitrogens with zero attached hydrogens (tertiary/aromatic N) is 2. The van der Waals surface area contributed by atoms with E-state index in [0.717, 1.165) is 17.0 Å². The lowest BCUT2D eigenvalue weighted by Crippen LogP contribution is -2.21. The maximum Gasteiger partial charge on any atom is 0.293 e. The summed E-state index contributed by atoms with van der Waals surface area (Å²) in [5, 5.41) is 20.6. The molecule has 6 nitrogen and oxygen atoms in total. The van der Waals surface area contributed by atoms with Crippen molar-refractivity contribution in [1.29, 1.82) is 0 Å². The molecule has 0 saturated heterocycles. The number of benzene rings is 2. The predicted molar refractivity (Wildman–Crippen MR) is 103 cm³/mol. The van der Waals surface area contributed by atoms with Gasteiger partial charge in [0.05, 0.1) is 11.4 Å². The van der Waals surface area contributed by atoms with E-state index in [2.05, 4.69) is 15.4 Å². The molecule has 138 valence electrons. The summed E-state index contributed by atoms with van der Waals surface area (Å²) < 4.78 is 5.19. The fourth-order valence-electron chi connectivity index (χ4n) is 2.79. The fraction of sp³-hybridized carbons (Fsp3) is 0.150. The van der Waals surface area contributed by atoms with Gasteiger partial charge in [-0.1, -0.05) is 59.2 Å². The zero-order valence-electron chi connectivity index (χ0n) is 14.4. The second-order valence-corrected chi connectivity index (χ2v) is 6.40. The van der Waals surface area contributed by atoms with Crippen molar-refractivity contribution in [2.24, 2.45) is 5.16 Å². The molecular weight excluding hydrogens is 366 g/mol. The monoisotopic (exact) mass is 383 g/mol. The number of hydrogen-bond donors (Lipinski definition) is 2. The molecule has 0 aliphatic heterocycles. The van der Waals surface area contributed by atoms with Crippen molar-refractivity contribution in [3.8, 4) is 11.3 Å². The van der Waals surface area contributed by atoms with Crippen LogP contribution in [0.1, 0.15) is 17.7 Å². The first-order valence-corrected chi connectivity index (χ1v) is 8.73. The minimum atomic E-state index is -0.506. The number of H-pyrrole nitrogens is 1. The predicted octanol–water partition coefficient (Wildman–Crippen LogP) is 4.08. The van der Waals surface area contributed by atoms with Crippen LogP contribution in [0.3, 0.4) is 0 Å². The number of hydrogen-bond acceptors (Lipinski definition) is 5. The standard InChI is InChI=1S/C20H18ClN3O3/c21-16-8-6-15(7-9-16)20(24-26)12-18(27-13-25)10-17-11-19(23-22-17)14-4-2-1-3-5-14/h1-9,11,13,18,26H,10,12H2,(H,22,23). The highest BCUT2D eigenvalue weighted by Gasteiger charge is 2.18. The van der Waals surface area contributed by atoms with Gasteiger partial charge in [-0.25, -0.2) is 0 Å². The Balaban J connectivity index is 1.73. The van der Waals surface area contributed by atoms with Crippen LogP contribution in [-0.4, -0.2) is 33.7 Å². The Morgan fingerprint density at radius 3 is 2.63 bits per heavy atom. The maximum absolute atomic E-state index is 10.9. The van der Waals surface area contributed by atoms with E-state index in [1.54, 1.807) is 24.3 Å². The van der Waals surface area contributed by atoms with Gasteiger partial charge in [-0.15, -0.1) is 0 Å². The van der Waals surface area contributed by atoms with E-state index in [9.17, 15) is 10.0 Å². The molecule has 2 aromatic carbocycles. The molecule has 0 bridgehead atoms. The fourth-order valence-corrected chi connectivity index (χ4v) is 2.92. The van der Waals surface area contributed by atoms with Crippen LogP contribution in [0.15, 0.2) is 65.8 Å². The molecule has 1 unspecified atom stereocenters. The third-order valence-corrected chi connectivity index (χ3v) is 4.37. The molecule has 0 amide bonds. The van der Waals surface area contributed by atoms with Crippen molar-refractivity contribution < 1.29 is 14.7 Å². The zero-order valence-corrected chi connectivity index (χ0v) is 15.1. The first kappa shape index (κ1) is 18.7. The van der Waals surface area contributed by atoms with Crippen molar-refractivity contribution in [3.05, 3.63) is 76.9 Å². The Morgan fingerprint density at radius 2 is 1.96 bits per heavy atom. The van der Waals surface area contributed by atoms with Crippen LogP contribution < -0.4 is 0 Å². The van der Waals surface area contributed by atoms with Crippen molar-refractivity contribution in [1.82, 2.24) is 10.2 Å². The zero-order chi connectivity index (χ0) is 19.1. The number of aromatic amines is 1. The SMILES string of the molecule is O=COC(CC(=NO)c1ccc(Cl)cc1)Cc1cc(-c2ccccc2)n[nH]1. The van der Waals surface area contributed by atoms with E-state index < -0.39 is 6.10 Å². The second-order valence-electron chi connectivity index (χ2n) is 5.96. The summed E-state index contributed by atoms with van der Waals surface area (Å²) in [6.07, 6.45) is 0.148. The van der Waals surface area contributed by atoms with Crippen molar-refractivity contribution in [2.45, 2.75) is 18.9 Å². The van der Waals surface area contributed by atoms with Gasteiger partial charge < -0.3 is 9.94 Å². The van der Waals surface area contributed by atoms with Crippen LogP contribution >= 0.6 is 11.6 Å². The molecule has 3 rings (SSSR count). The van der Waals surface area contributed by atoms with E-state index in [-0.39, 0.29) is 6.42 Å². The quantitative estimate of drug-likeness (QED) is 0.265. The average Bonchev–Trinajstić information content (AvgIpc) is 3.16. The molecule has 0 spiro atoms.